The van der Waals surface area contributed by atoms with Gasteiger partial charge in [-0.05, 0) is 172 Å². The van der Waals surface area contributed by atoms with Crippen molar-refractivity contribution in [1.29, 1.82) is 0 Å². The van der Waals surface area contributed by atoms with E-state index in [1.165, 1.54) is 131 Å². The van der Waals surface area contributed by atoms with Gasteiger partial charge in [0.05, 0.1) is 44.8 Å². The average molecular weight is 1400 g/mol. The third kappa shape index (κ3) is 11.2. The summed E-state index contributed by atoms with van der Waals surface area (Å²) < 4.78 is 4.78. The molecule has 0 aliphatic heterocycles. The smallest absolute Gasteiger partial charge is 0.160 e. The van der Waals surface area contributed by atoms with Gasteiger partial charge in [0, 0.05) is 66.3 Å². The molecular weight excluding hydrogens is 1330 g/mol. The molecule has 0 saturated carbocycles. The van der Waals surface area contributed by atoms with E-state index in [-0.39, 0.29) is 0 Å². The first-order valence-corrected chi connectivity index (χ1v) is 37.5. The van der Waals surface area contributed by atoms with Crippen molar-refractivity contribution in [3.63, 3.8) is 0 Å². The first kappa shape index (κ1) is 63.7. The molecule has 0 unspecified atom stereocenters. The summed E-state index contributed by atoms with van der Waals surface area (Å²) in [6, 6.07) is 143. The fourth-order valence-corrected chi connectivity index (χ4v) is 16.7. The van der Waals surface area contributed by atoms with Gasteiger partial charge in [-0.15, -0.1) is 0 Å². The molecule has 6 nitrogen and oxygen atoms in total. The van der Waals surface area contributed by atoms with Crippen molar-refractivity contribution in [2.24, 2.45) is 0 Å². The van der Waals surface area contributed by atoms with Crippen LogP contribution in [0.15, 0.2) is 400 Å². The number of para-hydroxylation sites is 2. The van der Waals surface area contributed by atoms with Gasteiger partial charge in [-0.2, -0.15) is 0 Å². The maximum absolute atomic E-state index is 5.07. The number of rotatable bonds is 10. The molecule has 6 heteroatoms. The molecule has 22 aromatic rings. The summed E-state index contributed by atoms with van der Waals surface area (Å²) in [6.07, 6.45) is 0. The Balaban J connectivity index is 0.000000140. The fourth-order valence-electron chi connectivity index (χ4n) is 16.7. The van der Waals surface area contributed by atoms with Crippen LogP contribution in [0.25, 0.3) is 210 Å². The number of benzene rings is 18. The van der Waals surface area contributed by atoms with Crippen LogP contribution in [-0.4, -0.2) is 29.1 Å². The average Bonchev–Trinajstić information content (AvgIpc) is 1.57. The third-order valence-electron chi connectivity index (χ3n) is 22.0. The molecule has 0 saturated heterocycles. The van der Waals surface area contributed by atoms with E-state index in [0.29, 0.717) is 11.6 Å². The molecule has 0 N–H and O–H groups in total. The molecule has 4 aromatic heterocycles. The molecule has 110 heavy (non-hydrogen) atoms. The molecule has 0 fully saturated rings. The molecule has 512 valence electrons. The Morgan fingerprint density at radius 2 is 0.473 bits per heavy atom. The van der Waals surface area contributed by atoms with Crippen LogP contribution < -0.4 is 0 Å². The van der Waals surface area contributed by atoms with E-state index in [0.717, 1.165) is 67.5 Å². The molecule has 0 atom stereocenters. The zero-order valence-corrected chi connectivity index (χ0v) is 59.8. The highest BCUT2D eigenvalue weighted by molar-refractivity contribution is 6.24. The van der Waals surface area contributed by atoms with Crippen LogP contribution >= 0.6 is 0 Å². The van der Waals surface area contributed by atoms with E-state index >= 15 is 0 Å². The van der Waals surface area contributed by atoms with E-state index < -0.39 is 0 Å². The maximum atomic E-state index is 5.07. The molecule has 4 heterocycles. The molecule has 22 rings (SSSR count). The van der Waals surface area contributed by atoms with Crippen molar-refractivity contribution < 1.29 is 0 Å². The summed E-state index contributed by atoms with van der Waals surface area (Å²) in [6.45, 7) is 0. The van der Waals surface area contributed by atoms with Crippen molar-refractivity contribution in [1.82, 2.24) is 29.1 Å². The van der Waals surface area contributed by atoms with E-state index in [1.807, 2.05) is 60.7 Å². The monoisotopic (exact) mass is 1400 g/mol. The maximum Gasteiger partial charge on any atom is 0.160 e. The fraction of sp³-hybridized carbons (Fsp3) is 0. The number of hydrogen-bond acceptors (Lipinski definition) is 4. The van der Waals surface area contributed by atoms with Crippen LogP contribution in [0.2, 0.25) is 0 Å². The second-order valence-electron chi connectivity index (χ2n) is 28.4. The molecule has 18 aromatic carbocycles. The lowest BCUT2D eigenvalue weighted by molar-refractivity contribution is 1.17. The normalized spacial score (nSPS) is 11.6. The number of aromatic nitrogens is 6. The van der Waals surface area contributed by atoms with Crippen molar-refractivity contribution in [2.45, 2.75) is 0 Å². The number of fused-ring (bicyclic) bond motifs is 16. The predicted molar refractivity (Wildman–Crippen MR) is 461 cm³/mol. The van der Waals surface area contributed by atoms with Crippen LogP contribution in [0.3, 0.4) is 0 Å². The SMILES string of the molecule is c1ccc(-c2cc(-c3ccc(-n4c5ccccc5c5c6ccc(-c7cc8ccccc8c8ccccc78)cc6ccc54)cc3)nc(-c3ccccc3)n2)cc1.c1ccc(-c2cc(-c3ccc(-n4c5ccccc5c5c6ccc(-c7ccc8c(ccc9ccccc98)c7)cc6ccc54)cc3)nc(-c3ccccc3)n2)cc1. The zero-order chi connectivity index (χ0) is 72.6. The Labute approximate surface area is 635 Å². The van der Waals surface area contributed by atoms with Crippen LogP contribution in [0, 0.1) is 0 Å². The largest absolute Gasteiger partial charge is 0.309 e. The predicted octanol–water partition coefficient (Wildman–Crippen LogP) is 27.4. The van der Waals surface area contributed by atoms with Crippen LogP contribution in [0.4, 0.5) is 0 Å². The standard InChI is InChI=1S/2C52H33N3/c1-3-13-34(14-4-1)47-33-48(54-52(53-47)36-15-5-2-6-16-36)35-23-27-40(28-24-35)55-49-22-12-11-21-45(49)51-42-29-25-39(31-38(42)26-30-50(51)55)46-32-37-17-7-8-18-41(37)43-19-9-10-20-44(43)46;1-3-12-35(13-4-1)47-33-48(54-52(53-47)37-14-5-2-6-15-37)36-21-26-42(27-22-36)55-49-18-10-9-17-46(49)51-45-29-24-39(32-41(45)25-30-50(51)55)38-23-28-44-40(31-38)20-19-34-11-7-8-16-43(34)44/h2*1-33H. The molecule has 0 radical (unpaired) electrons. The first-order valence-electron chi connectivity index (χ1n) is 37.5. The Morgan fingerprint density at radius 3 is 0.955 bits per heavy atom. The summed E-state index contributed by atoms with van der Waals surface area (Å²) in [5.74, 6) is 1.43. The minimum absolute atomic E-state index is 0.715. The van der Waals surface area contributed by atoms with E-state index in [4.69, 9.17) is 19.9 Å². The van der Waals surface area contributed by atoms with Crippen LogP contribution in [0.1, 0.15) is 0 Å². The second-order valence-corrected chi connectivity index (χ2v) is 28.4. The summed E-state index contributed by atoms with van der Waals surface area (Å²) >= 11 is 0. The van der Waals surface area contributed by atoms with E-state index in [1.54, 1.807) is 0 Å². The zero-order valence-electron chi connectivity index (χ0n) is 59.8. The van der Waals surface area contributed by atoms with Crippen molar-refractivity contribution >= 4 is 108 Å². The van der Waals surface area contributed by atoms with Crippen LogP contribution in [-0.2, 0) is 0 Å². The summed E-state index contributed by atoms with van der Waals surface area (Å²) in [5, 5.41) is 20.2. The van der Waals surface area contributed by atoms with Gasteiger partial charge in [0.1, 0.15) is 0 Å². The summed E-state index contributed by atoms with van der Waals surface area (Å²) in [5.41, 5.74) is 21.7. The lowest BCUT2D eigenvalue weighted by atomic mass is 9.92. The van der Waals surface area contributed by atoms with E-state index in [9.17, 15) is 0 Å². The first-order chi connectivity index (χ1) is 54.5. The van der Waals surface area contributed by atoms with Crippen molar-refractivity contribution in [3.8, 4) is 101 Å². The lowest BCUT2D eigenvalue weighted by Gasteiger charge is -2.13. The highest BCUT2D eigenvalue weighted by atomic mass is 15.0. The van der Waals surface area contributed by atoms with Crippen molar-refractivity contribution in [3.05, 3.63) is 400 Å². The highest BCUT2D eigenvalue weighted by Crippen LogP contribution is 2.44. The summed E-state index contributed by atoms with van der Waals surface area (Å²) in [4.78, 5) is 20.1. The third-order valence-corrected chi connectivity index (χ3v) is 22.0. The van der Waals surface area contributed by atoms with Gasteiger partial charge >= 0.3 is 0 Å². The number of nitrogens with zero attached hydrogens (tertiary/aromatic N) is 6. The minimum atomic E-state index is 0.715. The minimum Gasteiger partial charge on any atom is -0.309 e. The lowest BCUT2D eigenvalue weighted by Crippen LogP contribution is -1.97. The molecular formula is C104H66N6. The van der Waals surface area contributed by atoms with Gasteiger partial charge in [-0.3, -0.25) is 0 Å². The number of hydrogen-bond donors (Lipinski definition) is 0. The molecule has 0 aliphatic carbocycles. The molecule has 0 spiro atoms. The van der Waals surface area contributed by atoms with Crippen LogP contribution in [0.5, 0.6) is 0 Å². The van der Waals surface area contributed by atoms with Gasteiger partial charge in [0.15, 0.2) is 11.6 Å². The Kier molecular flexibility index (Phi) is 15.5. The molecule has 0 amide bonds. The summed E-state index contributed by atoms with van der Waals surface area (Å²) in [7, 11) is 0. The van der Waals surface area contributed by atoms with Gasteiger partial charge in [-0.1, -0.05) is 315 Å². The Bertz CT molecular complexity index is 7240. The van der Waals surface area contributed by atoms with Crippen molar-refractivity contribution in [2.75, 3.05) is 0 Å². The van der Waals surface area contributed by atoms with Gasteiger partial charge in [0.25, 0.3) is 0 Å². The quantitative estimate of drug-likeness (QED) is 0.128. The molecule has 0 aliphatic rings. The Hall–Kier alpha value is -14.7. The van der Waals surface area contributed by atoms with Gasteiger partial charge in [-0.25, -0.2) is 19.9 Å². The van der Waals surface area contributed by atoms with Gasteiger partial charge < -0.3 is 9.13 Å². The van der Waals surface area contributed by atoms with E-state index in [2.05, 4.69) is 349 Å². The molecule has 0 bridgehead atoms. The van der Waals surface area contributed by atoms with Gasteiger partial charge in [0.2, 0.25) is 0 Å². The topological polar surface area (TPSA) is 61.4 Å². The second kappa shape index (κ2) is 26.7. The Morgan fingerprint density at radius 1 is 0.164 bits per heavy atom. The highest BCUT2D eigenvalue weighted by Gasteiger charge is 2.21.